The number of nitrogens with zero attached hydrogens (tertiary/aromatic N) is 4. The summed E-state index contributed by atoms with van der Waals surface area (Å²) in [7, 11) is 0. The fourth-order valence-electron chi connectivity index (χ4n) is 2.91. The summed E-state index contributed by atoms with van der Waals surface area (Å²) in [6, 6.07) is 18.1. The van der Waals surface area contributed by atoms with Crippen LogP contribution in [0.5, 0.6) is 0 Å². The van der Waals surface area contributed by atoms with Gasteiger partial charge in [0, 0.05) is 16.1 Å². The van der Waals surface area contributed by atoms with Gasteiger partial charge in [0.05, 0.1) is 11.0 Å². The molecule has 30 heavy (non-hydrogen) atoms. The van der Waals surface area contributed by atoms with Gasteiger partial charge in [-0.05, 0) is 24.3 Å². The number of ketones is 1. The maximum absolute atomic E-state index is 13.5. The van der Waals surface area contributed by atoms with Gasteiger partial charge in [0.2, 0.25) is 5.78 Å². The second-order valence-electron chi connectivity index (χ2n) is 6.28. The van der Waals surface area contributed by atoms with Crippen LogP contribution in [0.15, 0.2) is 72.8 Å². The number of hydrogen-bond donors (Lipinski definition) is 0. The largest absolute Gasteiger partial charge is 0.299 e. The summed E-state index contributed by atoms with van der Waals surface area (Å²) in [5.74, 6) is -1.17. The average molecular weight is 423 g/mol. The fraction of sp³-hybridized carbons (Fsp3) is 0. The van der Waals surface area contributed by atoms with Crippen LogP contribution in [-0.4, -0.2) is 25.7 Å². The minimum atomic E-state index is -0.767. The molecule has 0 aliphatic rings. The predicted octanol–water partition coefficient (Wildman–Crippen LogP) is 4.87. The van der Waals surface area contributed by atoms with Crippen LogP contribution in [0.25, 0.3) is 16.9 Å². The van der Waals surface area contributed by atoms with Crippen molar-refractivity contribution < 1.29 is 14.1 Å². The number of rotatable bonds is 5. The van der Waals surface area contributed by atoms with E-state index >= 15 is 0 Å². The summed E-state index contributed by atoms with van der Waals surface area (Å²) in [6.45, 7) is 0. The van der Waals surface area contributed by atoms with Crippen molar-refractivity contribution in [3.8, 4) is 16.9 Å². The monoisotopic (exact) mass is 422 g/mol. The SMILES string of the molecule is O=C(c1ccccc1)c1nn(-c2ccc(F)cc2[N+](=O)[O-])nc1-c1ccc(Cl)cc1. The summed E-state index contributed by atoms with van der Waals surface area (Å²) in [6.07, 6.45) is 0. The standard InChI is InChI=1S/C21H12ClFN4O3/c22-15-8-6-13(7-9-15)19-20(21(28)14-4-2-1-3-5-14)25-26(24-19)17-11-10-16(23)12-18(17)27(29)30/h1-12H. The van der Waals surface area contributed by atoms with Crippen molar-refractivity contribution in [1.29, 1.82) is 0 Å². The molecule has 4 rings (SSSR count). The summed E-state index contributed by atoms with van der Waals surface area (Å²) < 4.78 is 13.5. The molecule has 0 radical (unpaired) electrons. The number of hydrogen-bond acceptors (Lipinski definition) is 5. The molecule has 0 unspecified atom stereocenters. The van der Waals surface area contributed by atoms with Crippen molar-refractivity contribution in [3.05, 3.63) is 105 Å². The summed E-state index contributed by atoms with van der Waals surface area (Å²) in [5.41, 5.74) is 0.569. The van der Waals surface area contributed by atoms with E-state index in [4.69, 9.17) is 11.6 Å². The lowest BCUT2D eigenvalue weighted by Gasteiger charge is -2.01. The highest BCUT2D eigenvalue weighted by Crippen LogP contribution is 2.28. The average Bonchev–Trinajstić information content (AvgIpc) is 3.19. The van der Waals surface area contributed by atoms with Crippen molar-refractivity contribution in [2.75, 3.05) is 0 Å². The zero-order valence-corrected chi connectivity index (χ0v) is 16.0. The molecule has 0 amide bonds. The maximum atomic E-state index is 13.5. The van der Waals surface area contributed by atoms with Crippen LogP contribution in [0.3, 0.4) is 0 Å². The Morgan fingerprint density at radius 2 is 1.70 bits per heavy atom. The van der Waals surface area contributed by atoms with E-state index in [1.165, 1.54) is 6.07 Å². The van der Waals surface area contributed by atoms with E-state index in [-0.39, 0.29) is 17.1 Å². The molecule has 0 saturated carbocycles. The van der Waals surface area contributed by atoms with Crippen molar-refractivity contribution >= 4 is 23.1 Å². The highest BCUT2D eigenvalue weighted by molar-refractivity contribution is 6.30. The van der Waals surface area contributed by atoms with Gasteiger partial charge in [0.15, 0.2) is 11.4 Å². The molecule has 0 N–H and O–H groups in total. The van der Waals surface area contributed by atoms with E-state index < -0.39 is 22.2 Å². The van der Waals surface area contributed by atoms with Crippen LogP contribution in [-0.2, 0) is 0 Å². The third-order valence-electron chi connectivity index (χ3n) is 4.33. The van der Waals surface area contributed by atoms with Gasteiger partial charge in [-0.2, -0.15) is 0 Å². The Morgan fingerprint density at radius 1 is 1.00 bits per heavy atom. The number of nitro groups is 1. The second kappa shape index (κ2) is 7.84. The van der Waals surface area contributed by atoms with Crippen LogP contribution in [0.2, 0.25) is 5.02 Å². The van der Waals surface area contributed by atoms with Gasteiger partial charge >= 0.3 is 0 Å². The molecular formula is C21H12ClFN4O3. The van der Waals surface area contributed by atoms with Crippen LogP contribution >= 0.6 is 11.6 Å². The number of carbonyl (C=O) groups excluding carboxylic acids is 1. The van der Waals surface area contributed by atoms with Gasteiger partial charge in [0.25, 0.3) is 5.69 Å². The van der Waals surface area contributed by atoms with E-state index in [1.54, 1.807) is 54.6 Å². The smallest absolute Gasteiger partial charge is 0.287 e. The third kappa shape index (κ3) is 3.68. The molecule has 0 atom stereocenters. The van der Waals surface area contributed by atoms with Crippen LogP contribution in [0, 0.1) is 15.9 Å². The van der Waals surface area contributed by atoms with Crippen molar-refractivity contribution in [2.24, 2.45) is 0 Å². The van der Waals surface area contributed by atoms with Gasteiger partial charge in [-0.25, -0.2) is 4.39 Å². The zero-order chi connectivity index (χ0) is 21.3. The molecule has 7 nitrogen and oxygen atoms in total. The molecule has 3 aromatic carbocycles. The van der Waals surface area contributed by atoms with E-state index in [0.29, 0.717) is 16.1 Å². The first kappa shape index (κ1) is 19.4. The zero-order valence-electron chi connectivity index (χ0n) is 15.2. The van der Waals surface area contributed by atoms with Crippen molar-refractivity contribution in [1.82, 2.24) is 15.0 Å². The summed E-state index contributed by atoms with van der Waals surface area (Å²) in [4.78, 5) is 24.7. The molecule has 148 valence electrons. The van der Waals surface area contributed by atoms with E-state index in [1.807, 2.05) is 0 Å². The fourth-order valence-corrected chi connectivity index (χ4v) is 3.03. The molecule has 0 saturated heterocycles. The van der Waals surface area contributed by atoms with Crippen molar-refractivity contribution in [3.63, 3.8) is 0 Å². The Labute approximate surface area is 174 Å². The lowest BCUT2D eigenvalue weighted by molar-refractivity contribution is -0.384. The maximum Gasteiger partial charge on any atom is 0.299 e. The minimum Gasteiger partial charge on any atom is -0.287 e. The molecule has 1 heterocycles. The quantitative estimate of drug-likeness (QED) is 0.260. The number of benzene rings is 3. The molecule has 0 spiro atoms. The van der Waals surface area contributed by atoms with E-state index in [9.17, 15) is 19.3 Å². The van der Waals surface area contributed by atoms with Gasteiger partial charge < -0.3 is 0 Å². The Balaban J connectivity index is 1.92. The Hall–Kier alpha value is -3.91. The van der Waals surface area contributed by atoms with Gasteiger partial charge in [-0.15, -0.1) is 15.0 Å². The van der Waals surface area contributed by atoms with Crippen LogP contribution in [0.1, 0.15) is 16.1 Å². The Morgan fingerprint density at radius 3 is 2.37 bits per heavy atom. The van der Waals surface area contributed by atoms with Crippen LogP contribution < -0.4 is 0 Å². The molecule has 9 heteroatoms. The third-order valence-corrected chi connectivity index (χ3v) is 4.58. The van der Waals surface area contributed by atoms with Gasteiger partial charge in [-0.1, -0.05) is 54.1 Å². The first-order valence-electron chi connectivity index (χ1n) is 8.71. The summed E-state index contributed by atoms with van der Waals surface area (Å²) in [5, 5.41) is 20.4. The van der Waals surface area contributed by atoms with Gasteiger partial charge in [-0.3, -0.25) is 14.9 Å². The highest BCUT2D eigenvalue weighted by atomic mass is 35.5. The highest BCUT2D eigenvalue weighted by Gasteiger charge is 2.25. The molecule has 4 aromatic rings. The topological polar surface area (TPSA) is 90.9 Å². The van der Waals surface area contributed by atoms with E-state index in [2.05, 4.69) is 10.2 Å². The second-order valence-corrected chi connectivity index (χ2v) is 6.72. The lowest BCUT2D eigenvalue weighted by atomic mass is 10.0. The molecule has 0 aliphatic carbocycles. The Kier molecular flexibility index (Phi) is 5.07. The number of nitro benzene ring substituents is 1. The minimum absolute atomic E-state index is 0.00199. The van der Waals surface area contributed by atoms with E-state index in [0.717, 1.165) is 16.9 Å². The Bertz CT molecular complexity index is 1260. The summed E-state index contributed by atoms with van der Waals surface area (Å²) >= 11 is 5.95. The molecule has 1 aromatic heterocycles. The first-order chi connectivity index (χ1) is 14.4. The molecule has 0 aliphatic heterocycles. The predicted molar refractivity (Wildman–Crippen MR) is 108 cm³/mol. The molecule has 0 bridgehead atoms. The number of halogens is 2. The number of carbonyl (C=O) groups is 1. The van der Waals surface area contributed by atoms with Gasteiger partial charge in [0.1, 0.15) is 11.5 Å². The van der Waals surface area contributed by atoms with Crippen LogP contribution in [0.4, 0.5) is 10.1 Å². The molecular weight excluding hydrogens is 411 g/mol. The van der Waals surface area contributed by atoms with Crippen molar-refractivity contribution in [2.45, 2.75) is 0 Å². The number of aromatic nitrogens is 3. The lowest BCUT2D eigenvalue weighted by Crippen LogP contribution is -2.07. The molecule has 0 fully saturated rings. The first-order valence-corrected chi connectivity index (χ1v) is 9.09. The normalized spacial score (nSPS) is 10.7.